The molecule has 0 saturated heterocycles. The summed E-state index contributed by atoms with van der Waals surface area (Å²) in [5.41, 5.74) is 1.92. The Kier molecular flexibility index (Phi) is 5.95. The van der Waals surface area contributed by atoms with E-state index in [1.807, 2.05) is 42.5 Å². The molecule has 0 radical (unpaired) electrons. The lowest BCUT2D eigenvalue weighted by molar-refractivity contribution is 0.317. The van der Waals surface area contributed by atoms with Crippen molar-refractivity contribution in [3.05, 3.63) is 58.1 Å². The number of rotatable bonds is 6. The van der Waals surface area contributed by atoms with Gasteiger partial charge < -0.3 is 9.47 Å². The van der Waals surface area contributed by atoms with Crippen molar-refractivity contribution in [3.63, 3.8) is 0 Å². The van der Waals surface area contributed by atoms with Crippen LogP contribution in [0.15, 0.2) is 46.9 Å². The van der Waals surface area contributed by atoms with E-state index in [1.165, 1.54) is 0 Å². The third kappa shape index (κ3) is 4.14. The molecule has 0 aliphatic heterocycles. The Morgan fingerprint density at radius 3 is 2.71 bits per heavy atom. The van der Waals surface area contributed by atoms with Gasteiger partial charge in [0.05, 0.1) is 19.1 Å². The van der Waals surface area contributed by atoms with Gasteiger partial charge in [-0.25, -0.2) is 0 Å². The maximum Gasteiger partial charge on any atom is 0.123 e. The molecule has 112 valence electrons. The highest BCUT2D eigenvalue weighted by atomic mass is 79.9. The molecule has 21 heavy (non-hydrogen) atoms. The van der Waals surface area contributed by atoms with E-state index in [0.717, 1.165) is 33.5 Å². The molecule has 0 amide bonds. The number of hydrogen-bond donors (Lipinski definition) is 0. The summed E-state index contributed by atoms with van der Waals surface area (Å²) >= 11 is 10.1. The largest absolute Gasteiger partial charge is 0.496 e. The quantitative estimate of drug-likeness (QED) is 0.619. The van der Waals surface area contributed by atoms with Crippen molar-refractivity contribution >= 4 is 27.5 Å². The fourth-order valence-corrected chi connectivity index (χ4v) is 2.75. The zero-order valence-corrected chi connectivity index (χ0v) is 14.4. The van der Waals surface area contributed by atoms with Crippen molar-refractivity contribution < 1.29 is 9.47 Å². The van der Waals surface area contributed by atoms with Gasteiger partial charge in [-0.15, -0.1) is 11.6 Å². The molecule has 0 aliphatic carbocycles. The third-order valence-corrected chi connectivity index (χ3v) is 4.07. The van der Waals surface area contributed by atoms with E-state index in [2.05, 4.69) is 22.9 Å². The van der Waals surface area contributed by atoms with Crippen LogP contribution in [0.5, 0.6) is 11.5 Å². The second-order valence-corrected chi connectivity index (χ2v) is 6.02. The summed E-state index contributed by atoms with van der Waals surface area (Å²) in [4.78, 5) is 0. The van der Waals surface area contributed by atoms with E-state index in [-0.39, 0.29) is 5.38 Å². The van der Waals surface area contributed by atoms with Crippen LogP contribution in [0.3, 0.4) is 0 Å². The fourth-order valence-electron chi connectivity index (χ4n) is 2.06. The molecule has 2 rings (SSSR count). The zero-order chi connectivity index (χ0) is 15.2. The van der Waals surface area contributed by atoms with E-state index in [1.54, 1.807) is 7.11 Å². The van der Waals surface area contributed by atoms with Crippen molar-refractivity contribution in [2.24, 2.45) is 0 Å². The Balaban J connectivity index is 2.31. The number of benzene rings is 2. The Morgan fingerprint density at radius 2 is 2.00 bits per heavy atom. The summed E-state index contributed by atoms with van der Waals surface area (Å²) in [6, 6.07) is 13.7. The van der Waals surface area contributed by atoms with Crippen molar-refractivity contribution in [2.75, 3.05) is 13.7 Å². The molecule has 4 heteroatoms. The summed E-state index contributed by atoms with van der Waals surface area (Å²) in [7, 11) is 1.65. The summed E-state index contributed by atoms with van der Waals surface area (Å²) in [6.45, 7) is 2.79. The minimum atomic E-state index is -0.289. The smallest absolute Gasteiger partial charge is 0.123 e. The molecule has 0 aromatic heterocycles. The molecule has 2 nitrogen and oxygen atoms in total. The van der Waals surface area contributed by atoms with Crippen LogP contribution in [0.4, 0.5) is 0 Å². The average Bonchev–Trinajstić information content (AvgIpc) is 2.52. The Labute approximate surface area is 139 Å². The van der Waals surface area contributed by atoms with Gasteiger partial charge in [-0.05, 0) is 42.3 Å². The first-order valence-electron chi connectivity index (χ1n) is 6.86. The molecule has 2 aromatic rings. The lowest BCUT2D eigenvalue weighted by Gasteiger charge is -2.16. The van der Waals surface area contributed by atoms with Gasteiger partial charge in [-0.3, -0.25) is 0 Å². The predicted octanol–water partition coefficient (Wildman–Crippen LogP) is 5.57. The highest BCUT2D eigenvalue weighted by Gasteiger charge is 2.16. The van der Waals surface area contributed by atoms with Crippen LogP contribution in [0.2, 0.25) is 0 Å². The Bertz CT molecular complexity index is 601. The first-order chi connectivity index (χ1) is 10.2. The molecule has 0 heterocycles. The van der Waals surface area contributed by atoms with Gasteiger partial charge >= 0.3 is 0 Å². The molecular weight excluding hydrogens is 352 g/mol. The van der Waals surface area contributed by atoms with Crippen LogP contribution in [0.25, 0.3) is 0 Å². The van der Waals surface area contributed by atoms with Crippen molar-refractivity contribution in [1.82, 2.24) is 0 Å². The molecular formula is C17H18BrClO2. The minimum Gasteiger partial charge on any atom is -0.496 e. The molecule has 0 aliphatic rings. The summed E-state index contributed by atoms with van der Waals surface area (Å²) in [5, 5.41) is -0.289. The molecule has 0 N–H and O–H groups in total. The monoisotopic (exact) mass is 368 g/mol. The lowest BCUT2D eigenvalue weighted by Crippen LogP contribution is -1.99. The maximum atomic E-state index is 6.64. The fraction of sp³-hybridized carbons (Fsp3) is 0.294. The normalized spacial score (nSPS) is 12.0. The van der Waals surface area contributed by atoms with E-state index >= 15 is 0 Å². The lowest BCUT2D eigenvalue weighted by atomic mass is 10.0. The highest BCUT2D eigenvalue weighted by Crippen LogP contribution is 2.37. The van der Waals surface area contributed by atoms with Crippen LogP contribution in [-0.4, -0.2) is 13.7 Å². The average molecular weight is 370 g/mol. The zero-order valence-electron chi connectivity index (χ0n) is 12.1. The molecule has 0 bridgehead atoms. The van der Waals surface area contributed by atoms with Gasteiger partial charge in [-0.2, -0.15) is 0 Å². The van der Waals surface area contributed by atoms with Crippen molar-refractivity contribution in [2.45, 2.75) is 18.7 Å². The number of hydrogen-bond acceptors (Lipinski definition) is 2. The van der Waals surface area contributed by atoms with E-state index in [0.29, 0.717) is 6.61 Å². The molecule has 0 spiro atoms. The third-order valence-electron chi connectivity index (χ3n) is 3.09. The molecule has 1 atom stereocenters. The van der Waals surface area contributed by atoms with Crippen LogP contribution in [0, 0.1) is 0 Å². The summed E-state index contributed by atoms with van der Waals surface area (Å²) in [5.74, 6) is 1.62. The Hall–Kier alpha value is -1.19. The number of halogens is 2. The standard InChI is InChI=1S/C17H18BrClO2/c1-3-9-21-14-6-4-5-12(10-14)17(19)15-11-13(18)7-8-16(15)20-2/h4-8,10-11,17H,3,9H2,1-2H3. The summed E-state index contributed by atoms with van der Waals surface area (Å²) in [6.07, 6.45) is 0.980. The van der Waals surface area contributed by atoms with Crippen molar-refractivity contribution in [1.29, 1.82) is 0 Å². The van der Waals surface area contributed by atoms with Gasteiger partial charge in [0.25, 0.3) is 0 Å². The van der Waals surface area contributed by atoms with E-state index in [9.17, 15) is 0 Å². The molecule has 0 saturated carbocycles. The SMILES string of the molecule is CCCOc1cccc(C(Cl)c2cc(Br)ccc2OC)c1. The number of ether oxygens (including phenoxy) is 2. The first-order valence-corrected chi connectivity index (χ1v) is 8.09. The van der Waals surface area contributed by atoms with Gasteiger partial charge in [-0.1, -0.05) is 35.0 Å². The maximum absolute atomic E-state index is 6.64. The Morgan fingerprint density at radius 1 is 1.19 bits per heavy atom. The second-order valence-electron chi connectivity index (χ2n) is 4.67. The van der Waals surface area contributed by atoms with Gasteiger partial charge in [0.15, 0.2) is 0 Å². The number of alkyl halides is 1. The van der Waals surface area contributed by atoms with E-state index in [4.69, 9.17) is 21.1 Å². The molecule has 2 aromatic carbocycles. The minimum absolute atomic E-state index is 0.289. The molecule has 0 fully saturated rings. The van der Waals surface area contributed by atoms with Crippen LogP contribution >= 0.6 is 27.5 Å². The number of methoxy groups -OCH3 is 1. The summed E-state index contributed by atoms with van der Waals surface area (Å²) < 4.78 is 12.0. The van der Waals surface area contributed by atoms with Gasteiger partial charge in [0.1, 0.15) is 11.5 Å². The van der Waals surface area contributed by atoms with E-state index < -0.39 is 0 Å². The first kappa shape index (κ1) is 16.2. The van der Waals surface area contributed by atoms with Gasteiger partial charge in [0.2, 0.25) is 0 Å². The topological polar surface area (TPSA) is 18.5 Å². The van der Waals surface area contributed by atoms with Crippen LogP contribution in [-0.2, 0) is 0 Å². The predicted molar refractivity (Wildman–Crippen MR) is 90.6 cm³/mol. The van der Waals surface area contributed by atoms with Crippen LogP contribution in [0.1, 0.15) is 29.8 Å². The van der Waals surface area contributed by atoms with Crippen LogP contribution < -0.4 is 9.47 Å². The molecule has 1 unspecified atom stereocenters. The van der Waals surface area contributed by atoms with Gasteiger partial charge in [0, 0.05) is 10.0 Å². The highest BCUT2D eigenvalue weighted by molar-refractivity contribution is 9.10. The van der Waals surface area contributed by atoms with Crippen molar-refractivity contribution in [3.8, 4) is 11.5 Å². The second kappa shape index (κ2) is 7.71.